The Morgan fingerprint density at radius 2 is 1.94 bits per heavy atom. The molecule has 1 aliphatic rings. The van der Waals surface area contributed by atoms with E-state index < -0.39 is 17.8 Å². The first kappa shape index (κ1) is 12.5. The zero-order chi connectivity index (χ0) is 12.3. The van der Waals surface area contributed by atoms with Crippen molar-refractivity contribution in [1.29, 1.82) is 0 Å². The topological polar surface area (TPSA) is 89.7 Å². The molecule has 1 fully saturated rings. The smallest absolute Gasteiger partial charge is 0.396 e. The molecule has 0 aromatic rings. The summed E-state index contributed by atoms with van der Waals surface area (Å²) in [6.45, 7) is 2.03. The van der Waals surface area contributed by atoms with Gasteiger partial charge in [-0.1, -0.05) is 0 Å². The molecule has 0 saturated carbocycles. The van der Waals surface area contributed by atoms with E-state index in [1.807, 2.05) is 6.92 Å². The van der Waals surface area contributed by atoms with Gasteiger partial charge in [0.15, 0.2) is 0 Å². The highest BCUT2D eigenvalue weighted by atomic mass is 16.5. The SMILES string of the molecule is COC(=O)C(=O)N1CC(C(N)=O)CCC1C. The van der Waals surface area contributed by atoms with Gasteiger partial charge < -0.3 is 15.4 Å². The molecule has 0 radical (unpaired) electrons. The number of amides is 2. The lowest BCUT2D eigenvalue weighted by molar-refractivity contribution is -0.161. The van der Waals surface area contributed by atoms with Crippen molar-refractivity contribution in [2.75, 3.05) is 13.7 Å². The van der Waals surface area contributed by atoms with Crippen molar-refractivity contribution in [3.05, 3.63) is 0 Å². The molecule has 0 aliphatic carbocycles. The van der Waals surface area contributed by atoms with Crippen LogP contribution in [0.2, 0.25) is 0 Å². The predicted octanol–water partition coefficient (Wildman–Crippen LogP) is -0.728. The fraction of sp³-hybridized carbons (Fsp3) is 0.700. The summed E-state index contributed by atoms with van der Waals surface area (Å²) in [6.07, 6.45) is 1.32. The maximum atomic E-state index is 11.6. The summed E-state index contributed by atoms with van der Waals surface area (Å²) in [7, 11) is 1.15. The third kappa shape index (κ3) is 2.50. The van der Waals surface area contributed by atoms with Gasteiger partial charge >= 0.3 is 11.9 Å². The average molecular weight is 228 g/mol. The second-order valence-corrected chi connectivity index (χ2v) is 3.97. The molecule has 1 saturated heterocycles. The molecule has 1 heterocycles. The Morgan fingerprint density at radius 3 is 2.44 bits per heavy atom. The van der Waals surface area contributed by atoms with Gasteiger partial charge in [0.1, 0.15) is 0 Å². The van der Waals surface area contributed by atoms with Gasteiger partial charge in [-0.25, -0.2) is 4.79 Å². The maximum absolute atomic E-state index is 11.6. The van der Waals surface area contributed by atoms with Crippen LogP contribution in [0.5, 0.6) is 0 Å². The molecule has 0 bridgehead atoms. The molecule has 1 rings (SSSR count). The van der Waals surface area contributed by atoms with Crippen molar-refractivity contribution in [2.24, 2.45) is 11.7 Å². The van der Waals surface area contributed by atoms with E-state index in [0.29, 0.717) is 12.8 Å². The summed E-state index contributed by atoms with van der Waals surface area (Å²) in [6, 6.07) is -0.0674. The third-order valence-corrected chi connectivity index (χ3v) is 2.91. The summed E-state index contributed by atoms with van der Waals surface area (Å²) in [5.74, 6) is -2.42. The first-order valence-electron chi connectivity index (χ1n) is 5.15. The minimum atomic E-state index is -0.906. The van der Waals surface area contributed by atoms with Crippen LogP contribution >= 0.6 is 0 Å². The Hall–Kier alpha value is -1.59. The van der Waals surface area contributed by atoms with Crippen molar-refractivity contribution >= 4 is 17.8 Å². The highest BCUT2D eigenvalue weighted by molar-refractivity contribution is 6.32. The molecule has 1 aliphatic heterocycles. The minimum Gasteiger partial charge on any atom is -0.462 e. The summed E-state index contributed by atoms with van der Waals surface area (Å²) in [5.41, 5.74) is 5.19. The van der Waals surface area contributed by atoms with Gasteiger partial charge in [0.2, 0.25) is 5.91 Å². The molecule has 2 atom stereocenters. The van der Waals surface area contributed by atoms with Crippen LogP contribution in [0.4, 0.5) is 0 Å². The number of piperidine rings is 1. The Labute approximate surface area is 93.7 Å². The predicted molar refractivity (Wildman–Crippen MR) is 55.1 cm³/mol. The molecule has 2 amide bonds. The molecule has 16 heavy (non-hydrogen) atoms. The van der Waals surface area contributed by atoms with Gasteiger partial charge in [0.25, 0.3) is 0 Å². The lowest BCUT2D eigenvalue weighted by Crippen LogP contribution is -2.51. The Kier molecular flexibility index (Phi) is 3.87. The highest BCUT2D eigenvalue weighted by Gasteiger charge is 2.34. The van der Waals surface area contributed by atoms with Crippen LogP contribution in [0.15, 0.2) is 0 Å². The van der Waals surface area contributed by atoms with Crippen LogP contribution in [0.3, 0.4) is 0 Å². The quantitative estimate of drug-likeness (QED) is 0.473. The number of rotatable bonds is 1. The minimum absolute atomic E-state index is 0.0674. The van der Waals surface area contributed by atoms with Gasteiger partial charge in [-0.2, -0.15) is 0 Å². The zero-order valence-corrected chi connectivity index (χ0v) is 9.43. The third-order valence-electron chi connectivity index (χ3n) is 2.91. The van der Waals surface area contributed by atoms with Gasteiger partial charge in [0.05, 0.1) is 13.0 Å². The van der Waals surface area contributed by atoms with Gasteiger partial charge in [-0.3, -0.25) is 9.59 Å². The standard InChI is InChI=1S/C10H16N2O4/c1-6-3-4-7(8(11)13)5-12(6)9(14)10(15)16-2/h6-7H,3-5H2,1-2H3,(H2,11,13). The van der Waals surface area contributed by atoms with E-state index in [2.05, 4.69) is 4.74 Å². The van der Waals surface area contributed by atoms with Crippen molar-refractivity contribution in [1.82, 2.24) is 4.90 Å². The van der Waals surface area contributed by atoms with Gasteiger partial charge in [-0.15, -0.1) is 0 Å². The molecule has 0 spiro atoms. The second-order valence-electron chi connectivity index (χ2n) is 3.97. The van der Waals surface area contributed by atoms with Crippen LogP contribution < -0.4 is 5.73 Å². The number of carbonyl (C=O) groups is 3. The monoisotopic (exact) mass is 228 g/mol. The van der Waals surface area contributed by atoms with E-state index >= 15 is 0 Å². The molecule has 0 aromatic carbocycles. The first-order chi connectivity index (χ1) is 7.47. The molecule has 90 valence electrons. The van der Waals surface area contributed by atoms with Crippen LogP contribution in [0.1, 0.15) is 19.8 Å². The summed E-state index contributed by atoms with van der Waals surface area (Å²) in [4.78, 5) is 35.1. The fourth-order valence-electron chi connectivity index (χ4n) is 1.83. The summed E-state index contributed by atoms with van der Waals surface area (Å²) >= 11 is 0. The van der Waals surface area contributed by atoms with E-state index in [9.17, 15) is 14.4 Å². The lowest BCUT2D eigenvalue weighted by atomic mass is 9.93. The second kappa shape index (κ2) is 4.96. The van der Waals surface area contributed by atoms with Crippen LogP contribution in [0, 0.1) is 5.92 Å². The number of esters is 1. The molecule has 0 aromatic heterocycles. The summed E-state index contributed by atoms with van der Waals surface area (Å²) in [5, 5.41) is 0. The zero-order valence-electron chi connectivity index (χ0n) is 9.43. The normalized spacial score (nSPS) is 25.0. The molecule has 6 nitrogen and oxygen atoms in total. The van der Waals surface area contributed by atoms with E-state index in [1.54, 1.807) is 0 Å². The number of nitrogens with zero attached hydrogens (tertiary/aromatic N) is 1. The Bertz CT molecular complexity index is 316. The number of ether oxygens (including phenoxy) is 1. The largest absolute Gasteiger partial charge is 0.462 e. The van der Waals surface area contributed by atoms with Crippen LogP contribution in [0.25, 0.3) is 0 Å². The van der Waals surface area contributed by atoms with Crippen molar-refractivity contribution in [3.63, 3.8) is 0 Å². The number of hydrogen-bond donors (Lipinski definition) is 1. The average Bonchev–Trinajstić information content (AvgIpc) is 2.27. The lowest BCUT2D eigenvalue weighted by Gasteiger charge is -2.35. The van der Waals surface area contributed by atoms with Crippen molar-refractivity contribution < 1.29 is 19.1 Å². The number of carbonyl (C=O) groups excluding carboxylic acids is 3. The van der Waals surface area contributed by atoms with E-state index in [-0.39, 0.29) is 18.5 Å². The fourth-order valence-corrected chi connectivity index (χ4v) is 1.83. The van der Waals surface area contributed by atoms with Crippen molar-refractivity contribution in [3.8, 4) is 0 Å². The number of likely N-dealkylation sites (tertiary alicyclic amines) is 1. The molecule has 2 N–H and O–H groups in total. The van der Waals surface area contributed by atoms with Gasteiger partial charge in [0, 0.05) is 12.6 Å². The molecular formula is C10H16N2O4. The molecule has 2 unspecified atom stereocenters. The number of nitrogens with two attached hydrogens (primary N) is 1. The molecule has 6 heteroatoms. The molecular weight excluding hydrogens is 212 g/mol. The first-order valence-corrected chi connectivity index (χ1v) is 5.15. The van der Waals surface area contributed by atoms with E-state index in [0.717, 1.165) is 7.11 Å². The summed E-state index contributed by atoms with van der Waals surface area (Å²) < 4.78 is 4.36. The van der Waals surface area contributed by atoms with Crippen molar-refractivity contribution in [2.45, 2.75) is 25.8 Å². The maximum Gasteiger partial charge on any atom is 0.396 e. The van der Waals surface area contributed by atoms with Crippen LogP contribution in [-0.4, -0.2) is 42.4 Å². The number of primary amides is 1. The van der Waals surface area contributed by atoms with Crippen LogP contribution in [-0.2, 0) is 19.1 Å². The number of hydrogen-bond acceptors (Lipinski definition) is 4. The number of methoxy groups -OCH3 is 1. The Balaban J connectivity index is 2.73. The van der Waals surface area contributed by atoms with E-state index in [1.165, 1.54) is 4.90 Å². The highest BCUT2D eigenvalue weighted by Crippen LogP contribution is 2.21. The Morgan fingerprint density at radius 1 is 1.31 bits per heavy atom. The van der Waals surface area contributed by atoms with E-state index in [4.69, 9.17) is 5.73 Å². The van der Waals surface area contributed by atoms with Gasteiger partial charge in [-0.05, 0) is 19.8 Å².